The summed E-state index contributed by atoms with van der Waals surface area (Å²) in [7, 11) is 0. The number of H-pyrrole nitrogens is 1. The lowest BCUT2D eigenvalue weighted by Gasteiger charge is -2.27. The Bertz CT molecular complexity index is 1600. The first-order valence-electron chi connectivity index (χ1n) is 12.3. The van der Waals surface area contributed by atoms with Crippen molar-refractivity contribution < 1.29 is 31.9 Å². The molecule has 2 aliphatic rings. The molecule has 2 N–H and O–H groups in total. The van der Waals surface area contributed by atoms with Crippen LogP contribution in [0.2, 0.25) is 0 Å². The van der Waals surface area contributed by atoms with E-state index in [1.807, 2.05) is 0 Å². The molecule has 2 aromatic carbocycles. The van der Waals surface area contributed by atoms with Gasteiger partial charge in [-0.3, -0.25) is 9.59 Å². The second kappa shape index (κ2) is 9.37. The van der Waals surface area contributed by atoms with Gasteiger partial charge < -0.3 is 19.9 Å². The number of aryl methyl sites for hydroxylation is 1. The fourth-order valence-electron chi connectivity index (χ4n) is 5.32. The molecule has 4 aromatic rings. The minimum absolute atomic E-state index is 0.181. The smallest absolute Gasteiger partial charge is 0.406 e. The summed E-state index contributed by atoms with van der Waals surface area (Å²) < 4.78 is 55.4. The van der Waals surface area contributed by atoms with Crippen LogP contribution in [0.25, 0.3) is 21.3 Å². The molecule has 39 heavy (non-hydrogen) atoms. The maximum absolute atomic E-state index is 13.9. The molecule has 12 heteroatoms. The van der Waals surface area contributed by atoms with Crippen molar-refractivity contribution in [3.63, 3.8) is 0 Å². The Hall–Kier alpha value is -3.93. The van der Waals surface area contributed by atoms with Crippen LogP contribution in [0.5, 0.6) is 5.75 Å². The Morgan fingerprint density at radius 3 is 2.79 bits per heavy atom. The van der Waals surface area contributed by atoms with E-state index in [0.29, 0.717) is 38.8 Å². The first-order valence-corrected chi connectivity index (χ1v) is 13.1. The number of rotatable bonds is 6. The van der Waals surface area contributed by atoms with Crippen molar-refractivity contribution in [2.24, 2.45) is 11.8 Å². The number of alkyl halides is 3. The van der Waals surface area contributed by atoms with Crippen molar-refractivity contribution in [1.82, 2.24) is 20.2 Å². The largest absolute Gasteiger partial charge is 0.573 e. The maximum Gasteiger partial charge on any atom is 0.573 e. The number of hydrogen-bond acceptors (Lipinski definition) is 5. The summed E-state index contributed by atoms with van der Waals surface area (Å²) in [5.41, 5.74) is 1.52. The summed E-state index contributed by atoms with van der Waals surface area (Å²) >= 11 is 1.33. The van der Waals surface area contributed by atoms with Gasteiger partial charge in [0.15, 0.2) is 0 Å². The van der Waals surface area contributed by atoms with Crippen LogP contribution >= 0.6 is 11.3 Å². The van der Waals surface area contributed by atoms with Crippen LogP contribution in [0.1, 0.15) is 32.4 Å². The summed E-state index contributed by atoms with van der Waals surface area (Å²) in [5.74, 6) is -0.861. The first kappa shape index (κ1) is 25.4. The second-order valence-corrected chi connectivity index (χ2v) is 11.0. The second-order valence-electron chi connectivity index (χ2n) is 9.80. The monoisotopic (exact) mass is 558 g/mol. The Kier molecular flexibility index (Phi) is 6.09. The highest BCUT2D eigenvalue weighted by atomic mass is 32.1. The van der Waals surface area contributed by atoms with Gasteiger partial charge in [-0.1, -0.05) is 12.1 Å². The van der Waals surface area contributed by atoms with Crippen molar-refractivity contribution in [1.29, 1.82) is 0 Å². The molecule has 3 atom stereocenters. The van der Waals surface area contributed by atoms with Crippen molar-refractivity contribution in [2.45, 2.75) is 25.7 Å². The van der Waals surface area contributed by atoms with Crippen molar-refractivity contribution in [3.05, 3.63) is 70.7 Å². The molecule has 7 nitrogen and oxygen atoms in total. The molecule has 1 aliphatic heterocycles. The summed E-state index contributed by atoms with van der Waals surface area (Å²) in [5, 5.41) is 3.95. The molecule has 0 spiro atoms. The number of piperidine rings is 1. The van der Waals surface area contributed by atoms with Crippen LogP contribution in [0.3, 0.4) is 0 Å². The van der Waals surface area contributed by atoms with Crippen LogP contribution in [-0.2, 0) is 0 Å². The van der Waals surface area contributed by atoms with E-state index >= 15 is 0 Å². The molecule has 6 rings (SSSR count). The molecule has 2 aromatic heterocycles. The lowest BCUT2D eigenvalue weighted by atomic mass is 10.1. The Labute approximate surface area is 223 Å². The molecule has 1 saturated carbocycles. The van der Waals surface area contributed by atoms with E-state index in [1.54, 1.807) is 24.0 Å². The van der Waals surface area contributed by atoms with Crippen LogP contribution in [0.4, 0.5) is 17.6 Å². The molecular weight excluding hydrogens is 536 g/mol. The third-order valence-electron chi connectivity index (χ3n) is 7.13. The minimum Gasteiger partial charge on any atom is -0.406 e. The highest BCUT2D eigenvalue weighted by molar-refractivity contribution is 7.15. The van der Waals surface area contributed by atoms with E-state index in [-0.39, 0.29) is 41.5 Å². The number of halogens is 4. The summed E-state index contributed by atoms with van der Waals surface area (Å²) in [6.07, 6.45) is -3.85. The number of likely N-dealkylation sites (tertiary alicyclic amines) is 1. The molecule has 2 fully saturated rings. The predicted molar refractivity (Wildman–Crippen MR) is 136 cm³/mol. The third kappa shape index (κ3) is 5.08. The Morgan fingerprint density at radius 1 is 1.21 bits per heavy atom. The summed E-state index contributed by atoms with van der Waals surface area (Å²) in [6, 6.07) is 11.0. The standard InChI is InChI=1S/C27H22F4N4O3S/c1-13-33-23(24(39-13)14-3-2-4-17(28)7-14)26(37)35-12-16-9-19(16)22(35)11-32-25(36)21-10-15-8-18(38-27(29,30)31)5-6-20(15)34-21/h2-8,10,16,19,22,34H,9,11-12H2,1H3,(H,32,36)/t16-,19-,22-/m1/s1. The molecule has 0 radical (unpaired) electrons. The average Bonchev–Trinajstić information content (AvgIpc) is 3.19. The molecule has 2 amide bonds. The minimum atomic E-state index is -4.81. The topological polar surface area (TPSA) is 87.3 Å². The van der Waals surface area contributed by atoms with Gasteiger partial charge in [0.25, 0.3) is 11.8 Å². The normalized spacial score (nSPS) is 20.2. The van der Waals surface area contributed by atoms with Crippen LogP contribution < -0.4 is 10.1 Å². The van der Waals surface area contributed by atoms with Gasteiger partial charge in [0.1, 0.15) is 23.0 Å². The van der Waals surface area contributed by atoms with E-state index in [9.17, 15) is 27.2 Å². The zero-order chi connectivity index (χ0) is 27.5. The van der Waals surface area contributed by atoms with Gasteiger partial charge in [0, 0.05) is 24.0 Å². The van der Waals surface area contributed by atoms with Crippen LogP contribution in [-0.4, -0.2) is 52.2 Å². The maximum atomic E-state index is 13.9. The molecule has 3 heterocycles. The number of amides is 2. The number of benzene rings is 2. The highest BCUT2D eigenvalue weighted by Gasteiger charge is 2.54. The summed E-state index contributed by atoms with van der Waals surface area (Å²) in [4.78, 5) is 36.3. The highest BCUT2D eigenvalue weighted by Crippen LogP contribution is 2.50. The number of hydrogen-bond donors (Lipinski definition) is 2. The van der Waals surface area contributed by atoms with E-state index in [2.05, 4.69) is 20.0 Å². The van der Waals surface area contributed by atoms with Gasteiger partial charge in [-0.2, -0.15) is 0 Å². The van der Waals surface area contributed by atoms with Gasteiger partial charge in [-0.25, -0.2) is 9.37 Å². The number of nitrogens with one attached hydrogen (secondary N) is 2. The number of fused-ring (bicyclic) bond motifs is 2. The zero-order valence-electron chi connectivity index (χ0n) is 20.5. The van der Waals surface area contributed by atoms with Crippen LogP contribution in [0, 0.1) is 24.6 Å². The number of ether oxygens (including phenoxy) is 1. The quantitative estimate of drug-likeness (QED) is 0.305. The van der Waals surface area contributed by atoms with E-state index in [0.717, 1.165) is 6.42 Å². The van der Waals surface area contributed by atoms with E-state index in [1.165, 1.54) is 47.7 Å². The fraction of sp³-hybridized carbons (Fsp3) is 0.296. The van der Waals surface area contributed by atoms with Gasteiger partial charge in [0.2, 0.25) is 0 Å². The SMILES string of the molecule is Cc1nc(C(=O)N2C[C@H]3C[C@H]3[C@H]2CNC(=O)c2cc3cc(OC(F)(F)F)ccc3[nH]2)c(-c2cccc(F)c2)s1. The number of thiazole rings is 1. The van der Waals surface area contributed by atoms with Gasteiger partial charge in [-0.05, 0) is 67.1 Å². The predicted octanol–water partition coefficient (Wildman–Crippen LogP) is 5.53. The van der Waals surface area contributed by atoms with Crippen LogP contribution in [0.15, 0.2) is 48.5 Å². The van der Waals surface area contributed by atoms with Crippen molar-refractivity contribution >= 4 is 34.1 Å². The zero-order valence-corrected chi connectivity index (χ0v) is 21.3. The van der Waals surface area contributed by atoms with Gasteiger partial charge >= 0.3 is 6.36 Å². The molecule has 1 aliphatic carbocycles. The van der Waals surface area contributed by atoms with E-state index < -0.39 is 18.1 Å². The fourth-order valence-corrected chi connectivity index (χ4v) is 6.23. The molecule has 1 saturated heterocycles. The third-order valence-corrected chi connectivity index (χ3v) is 8.15. The number of nitrogens with zero attached hydrogens (tertiary/aromatic N) is 2. The molecule has 202 valence electrons. The Balaban J connectivity index is 1.17. The lowest BCUT2D eigenvalue weighted by Crippen LogP contribution is -2.45. The molecule has 0 unspecified atom stereocenters. The lowest BCUT2D eigenvalue weighted by molar-refractivity contribution is -0.274. The summed E-state index contributed by atoms with van der Waals surface area (Å²) in [6.45, 7) is 2.56. The average molecular weight is 559 g/mol. The first-order chi connectivity index (χ1) is 18.6. The molecule has 0 bridgehead atoms. The van der Waals surface area contributed by atoms with E-state index in [4.69, 9.17) is 0 Å². The van der Waals surface area contributed by atoms with Crippen molar-refractivity contribution in [3.8, 4) is 16.2 Å². The number of carbonyl (C=O) groups excluding carboxylic acids is 2. The molecular formula is C27H22F4N4O3S. The number of carbonyl (C=O) groups is 2. The van der Waals surface area contributed by atoms with Gasteiger partial charge in [-0.15, -0.1) is 24.5 Å². The van der Waals surface area contributed by atoms with Crippen molar-refractivity contribution in [2.75, 3.05) is 13.1 Å². The number of aromatic amines is 1. The number of aromatic nitrogens is 2. The van der Waals surface area contributed by atoms with Gasteiger partial charge in [0.05, 0.1) is 15.9 Å². The Morgan fingerprint density at radius 2 is 2.03 bits per heavy atom.